The van der Waals surface area contributed by atoms with Crippen LogP contribution in [0, 0.1) is 5.41 Å². The molecule has 0 aliphatic carbocycles. The van der Waals surface area contributed by atoms with Crippen molar-refractivity contribution in [3.05, 3.63) is 0 Å². The fourth-order valence-electron chi connectivity index (χ4n) is 2.03. The van der Waals surface area contributed by atoms with Crippen molar-refractivity contribution in [2.45, 2.75) is 45.6 Å². The lowest BCUT2D eigenvalue weighted by Gasteiger charge is -2.30. The van der Waals surface area contributed by atoms with E-state index in [0.29, 0.717) is 0 Å². The number of aliphatic hydroxyl groups excluding tert-OH is 1. The molecule has 1 aliphatic heterocycles. The Balaban J connectivity index is 2.10. The Morgan fingerprint density at radius 3 is 2.47 bits per heavy atom. The molecule has 0 aromatic carbocycles. The first-order chi connectivity index (χ1) is 7.03. The van der Waals surface area contributed by atoms with Crippen molar-refractivity contribution in [3.8, 4) is 0 Å². The molecule has 0 spiro atoms. The minimum Gasteiger partial charge on any atom is -0.393 e. The molecule has 0 aromatic rings. The molecule has 3 heteroatoms. The molecule has 0 aromatic heterocycles. The summed E-state index contributed by atoms with van der Waals surface area (Å²) in [7, 11) is 0. The second kappa shape index (κ2) is 5.83. The maximum atomic E-state index is 9.38. The van der Waals surface area contributed by atoms with E-state index < -0.39 is 0 Å². The van der Waals surface area contributed by atoms with E-state index in [-0.39, 0.29) is 11.5 Å². The molecule has 0 radical (unpaired) electrons. The van der Waals surface area contributed by atoms with Gasteiger partial charge in [0.15, 0.2) is 0 Å². The lowest BCUT2D eigenvalue weighted by Crippen LogP contribution is -2.37. The molecule has 1 rings (SSSR count). The van der Waals surface area contributed by atoms with E-state index in [4.69, 9.17) is 5.73 Å². The summed E-state index contributed by atoms with van der Waals surface area (Å²) in [6, 6.07) is 0. The van der Waals surface area contributed by atoms with Crippen LogP contribution < -0.4 is 5.73 Å². The number of nitrogens with two attached hydrogens (primary N) is 1. The van der Waals surface area contributed by atoms with Gasteiger partial charge in [0.1, 0.15) is 0 Å². The summed E-state index contributed by atoms with van der Waals surface area (Å²) < 4.78 is 0. The Labute approximate surface area is 93.6 Å². The van der Waals surface area contributed by atoms with E-state index in [1.54, 1.807) is 0 Å². The average Bonchev–Trinajstić information content (AvgIpc) is 2.21. The molecule has 0 atom stereocenters. The van der Waals surface area contributed by atoms with Gasteiger partial charge in [0.25, 0.3) is 0 Å². The first-order valence-corrected chi connectivity index (χ1v) is 6.14. The van der Waals surface area contributed by atoms with Crippen LogP contribution in [0.3, 0.4) is 0 Å². The number of nitrogens with zero attached hydrogens (tertiary/aromatic N) is 1. The number of aliphatic hydroxyl groups is 1. The zero-order chi connectivity index (χ0) is 11.3. The maximum Gasteiger partial charge on any atom is 0.0564 e. The smallest absolute Gasteiger partial charge is 0.0564 e. The number of piperidine rings is 1. The van der Waals surface area contributed by atoms with Gasteiger partial charge in [-0.15, -0.1) is 0 Å². The van der Waals surface area contributed by atoms with Gasteiger partial charge in [-0.05, 0) is 44.2 Å². The Morgan fingerprint density at radius 2 is 1.93 bits per heavy atom. The van der Waals surface area contributed by atoms with E-state index in [1.165, 1.54) is 12.8 Å². The van der Waals surface area contributed by atoms with E-state index in [1.807, 2.05) is 0 Å². The average molecular weight is 214 g/mol. The lowest BCUT2D eigenvalue weighted by atomic mass is 9.88. The molecule has 1 fully saturated rings. The van der Waals surface area contributed by atoms with Crippen LogP contribution in [-0.4, -0.2) is 42.3 Å². The van der Waals surface area contributed by atoms with E-state index >= 15 is 0 Å². The summed E-state index contributed by atoms with van der Waals surface area (Å²) in [6.45, 7) is 8.51. The van der Waals surface area contributed by atoms with Gasteiger partial charge in [0, 0.05) is 13.1 Å². The highest BCUT2D eigenvalue weighted by atomic mass is 16.3. The standard InChI is InChI=1S/C12H26N2O/c1-12(2,10-13)6-3-7-14-8-4-11(15)5-9-14/h11,15H,3-10,13H2,1-2H3. The quantitative estimate of drug-likeness (QED) is 0.723. The highest BCUT2D eigenvalue weighted by molar-refractivity contribution is 4.73. The van der Waals surface area contributed by atoms with Crippen LogP contribution in [0.2, 0.25) is 0 Å². The third-order valence-corrected chi connectivity index (χ3v) is 3.44. The van der Waals surface area contributed by atoms with Crippen LogP contribution in [0.15, 0.2) is 0 Å². The zero-order valence-electron chi connectivity index (χ0n) is 10.2. The summed E-state index contributed by atoms with van der Waals surface area (Å²) in [4.78, 5) is 2.46. The van der Waals surface area contributed by atoms with Crippen molar-refractivity contribution >= 4 is 0 Å². The molecule has 3 nitrogen and oxygen atoms in total. The molecular weight excluding hydrogens is 188 g/mol. The monoisotopic (exact) mass is 214 g/mol. The molecule has 0 unspecified atom stereocenters. The topological polar surface area (TPSA) is 49.5 Å². The molecule has 0 bridgehead atoms. The van der Waals surface area contributed by atoms with Crippen molar-refractivity contribution < 1.29 is 5.11 Å². The fraction of sp³-hybridized carbons (Fsp3) is 1.00. The third kappa shape index (κ3) is 4.96. The van der Waals surface area contributed by atoms with Crippen molar-refractivity contribution in [2.24, 2.45) is 11.1 Å². The highest BCUT2D eigenvalue weighted by Crippen LogP contribution is 2.21. The van der Waals surface area contributed by atoms with Crippen LogP contribution in [0.25, 0.3) is 0 Å². The highest BCUT2D eigenvalue weighted by Gasteiger charge is 2.18. The van der Waals surface area contributed by atoms with Crippen LogP contribution in [0.1, 0.15) is 39.5 Å². The molecule has 1 saturated heterocycles. The summed E-state index contributed by atoms with van der Waals surface area (Å²) in [6.07, 6.45) is 4.25. The van der Waals surface area contributed by atoms with Gasteiger partial charge in [-0.2, -0.15) is 0 Å². The van der Waals surface area contributed by atoms with Gasteiger partial charge >= 0.3 is 0 Å². The SMILES string of the molecule is CC(C)(CN)CCCN1CCC(O)CC1. The maximum absolute atomic E-state index is 9.38. The Morgan fingerprint density at radius 1 is 1.33 bits per heavy atom. The molecule has 15 heavy (non-hydrogen) atoms. The molecule has 3 N–H and O–H groups in total. The number of rotatable bonds is 5. The zero-order valence-corrected chi connectivity index (χ0v) is 10.2. The largest absolute Gasteiger partial charge is 0.393 e. The normalized spacial score (nSPS) is 20.8. The third-order valence-electron chi connectivity index (χ3n) is 3.44. The Hall–Kier alpha value is -0.120. The fourth-order valence-corrected chi connectivity index (χ4v) is 2.03. The van der Waals surface area contributed by atoms with Gasteiger partial charge in [-0.1, -0.05) is 13.8 Å². The molecule has 1 aliphatic rings. The first kappa shape index (κ1) is 12.9. The van der Waals surface area contributed by atoms with Crippen molar-refractivity contribution in [1.29, 1.82) is 0 Å². The minimum absolute atomic E-state index is 0.0540. The molecular formula is C12H26N2O. The van der Waals surface area contributed by atoms with Gasteiger partial charge in [-0.3, -0.25) is 0 Å². The Bertz CT molecular complexity index is 174. The molecule has 90 valence electrons. The van der Waals surface area contributed by atoms with Gasteiger partial charge in [0.05, 0.1) is 6.10 Å². The summed E-state index contributed by atoms with van der Waals surface area (Å²) >= 11 is 0. The second-order valence-electron chi connectivity index (χ2n) is 5.54. The van der Waals surface area contributed by atoms with Crippen LogP contribution in [0.5, 0.6) is 0 Å². The Kier molecular flexibility index (Phi) is 5.03. The number of hydrogen-bond acceptors (Lipinski definition) is 3. The molecule has 0 saturated carbocycles. The first-order valence-electron chi connectivity index (χ1n) is 6.14. The van der Waals surface area contributed by atoms with Gasteiger partial charge in [-0.25, -0.2) is 0 Å². The predicted molar refractivity (Wildman–Crippen MR) is 63.8 cm³/mol. The van der Waals surface area contributed by atoms with Gasteiger partial charge in [0.2, 0.25) is 0 Å². The molecule has 1 heterocycles. The van der Waals surface area contributed by atoms with E-state index in [2.05, 4.69) is 18.7 Å². The summed E-state index contributed by atoms with van der Waals surface area (Å²) in [5.41, 5.74) is 5.98. The van der Waals surface area contributed by atoms with Crippen molar-refractivity contribution in [2.75, 3.05) is 26.2 Å². The van der Waals surface area contributed by atoms with Gasteiger partial charge < -0.3 is 15.7 Å². The molecule has 0 amide bonds. The van der Waals surface area contributed by atoms with E-state index in [0.717, 1.165) is 39.0 Å². The summed E-state index contributed by atoms with van der Waals surface area (Å²) in [5, 5.41) is 9.38. The predicted octanol–water partition coefficient (Wildman–Crippen LogP) is 1.21. The van der Waals surface area contributed by atoms with Crippen LogP contribution in [0.4, 0.5) is 0 Å². The number of likely N-dealkylation sites (tertiary alicyclic amines) is 1. The van der Waals surface area contributed by atoms with E-state index in [9.17, 15) is 5.11 Å². The lowest BCUT2D eigenvalue weighted by molar-refractivity contribution is 0.0803. The van der Waals surface area contributed by atoms with Crippen LogP contribution in [-0.2, 0) is 0 Å². The number of hydrogen-bond donors (Lipinski definition) is 2. The van der Waals surface area contributed by atoms with Crippen molar-refractivity contribution in [3.63, 3.8) is 0 Å². The minimum atomic E-state index is -0.0540. The van der Waals surface area contributed by atoms with Crippen molar-refractivity contribution in [1.82, 2.24) is 4.90 Å². The summed E-state index contributed by atoms with van der Waals surface area (Å²) in [5.74, 6) is 0. The second-order valence-corrected chi connectivity index (χ2v) is 5.54. The van der Waals surface area contributed by atoms with Crippen LogP contribution >= 0.6 is 0 Å².